The van der Waals surface area contributed by atoms with Gasteiger partial charge in [0.25, 0.3) is 0 Å². The lowest BCUT2D eigenvalue weighted by atomic mass is 10.0. The summed E-state index contributed by atoms with van der Waals surface area (Å²) in [5, 5.41) is 0. The topological polar surface area (TPSA) is 27.7 Å². The number of hydrogen-bond donors (Lipinski definition) is 0. The third-order valence-corrected chi connectivity index (χ3v) is 10.4. The van der Waals surface area contributed by atoms with Crippen molar-refractivity contribution in [3.63, 3.8) is 0 Å². The lowest BCUT2D eigenvalue weighted by molar-refractivity contribution is 0.382. The van der Waals surface area contributed by atoms with Gasteiger partial charge >= 0.3 is 8.60 Å². The molecule has 0 aliphatic carbocycles. The Kier molecular flexibility index (Phi) is 20.5. The molecule has 3 aromatic carbocycles. The molecule has 3 rings (SSSR count). The summed E-state index contributed by atoms with van der Waals surface area (Å²) in [5.41, 5.74) is 3.70. The van der Waals surface area contributed by atoms with Gasteiger partial charge in [0.2, 0.25) is 0 Å². The number of aryl methyl sites for hydroxylation is 3. The van der Waals surface area contributed by atoms with E-state index < -0.39 is 8.60 Å². The van der Waals surface area contributed by atoms with E-state index in [-0.39, 0.29) is 0 Å². The Hall–Kier alpha value is -2.51. The molecule has 0 aliphatic rings. The molecule has 0 saturated carbocycles. The van der Waals surface area contributed by atoms with Crippen molar-refractivity contribution in [2.75, 3.05) is 0 Å². The molecule has 0 amide bonds. The van der Waals surface area contributed by atoms with Gasteiger partial charge in [-0.2, -0.15) is 0 Å². The summed E-state index contributed by atoms with van der Waals surface area (Å²) < 4.78 is 20.3. The van der Waals surface area contributed by atoms with Crippen molar-refractivity contribution in [1.82, 2.24) is 0 Å². The summed E-state index contributed by atoms with van der Waals surface area (Å²) in [5.74, 6) is 4.98. The van der Waals surface area contributed by atoms with E-state index in [2.05, 4.69) is 114 Å². The largest absolute Gasteiger partial charge is 0.530 e. The van der Waals surface area contributed by atoms with Gasteiger partial charge in [-0.1, -0.05) is 173 Å². The maximum Gasteiger partial charge on any atom is 0.530 e. The van der Waals surface area contributed by atoms with Crippen LogP contribution in [0, 0.1) is 17.8 Å². The van der Waals surface area contributed by atoms with Gasteiger partial charge in [-0.25, -0.2) is 0 Å². The molecule has 0 N–H and O–H groups in total. The predicted molar refractivity (Wildman–Crippen MR) is 213 cm³/mol. The van der Waals surface area contributed by atoms with Gasteiger partial charge in [-0.05, 0) is 91.2 Å². The second kappa shape index (κ2) is 24.6. The number of benzene rings is 3. The van der Waals surface area contributed by atoms with E-state index in [1.165, 1.54) is 93.7 Å². The van der Waals surface area contributed by atoms with E-state index in [9.17, 15) is 0 Å². The Bertz CT molecular complexity index is 1110. The van der Waals surface area contributed by atoms with E-state index in [4.69, 9.17) is 13.6 Å². The number of hydrogen-bond acceptors (Lipinski definition) is 3. The van der Waals surface area contributed by atoms with Crippen molar-refractivity contribution in [1.29, 1.82) is 0 Å². The molecule has 3 aromatic rings. The quantitative estimate of drug-likeness (QED) is 0.0589. The van der Waals surface area contributed by atoms with Crippen LogP contribution in [0.5, 0.6) is 17.2 Å². The van der Waals surface area contributed by atoms with E-state index in [0.29, 0.717) is 0 Å². The van der Waals surface area contributed by atoms with Crippen LogP contribution in [0.15, 0.2) is 72.8 Å². The van der Waals surface area contributed by atoms with Crippen molar-refractivity contribution >= 4 is 8.60 Å². The first-order chi connectivity index (χ1) is 23.8. The minimum Gasteiger partial charge on any atom is -0.408 e. The molecular formula is C45H69O3P. The Morgan fingerprint density at radius 1 is 0.367 bits per heavy atom. The number of rotatable bonds is 27. The zero-order valence-corrected chi connectivity index (χ0v) is 33.0. The summed E-state index contributed by atoms with van der Waals surface area (Å²) in [6.07, 6.45) is 22.0. The van der Waals surface area contributed by atoms with E-state index in [1.807, 2.05) is 0 Å². The molecule has 0 spiro atoms. The van der Waals surface area contributed by atoms with Crippen molar-refractivity contribution < 1.29 is 13.6 Å². The smallest absolute Gasteiger partial charge is 0.408 e. The fourth-order valence-corrected chi connectivity index (χ4v) is 7.49. The van der Waals surface area contributed by atoms with Gasteiger partial charge in [0.05, 0.1) is 0 Å². The molecule has 0 aromatic heterocycles. The predicted octanol–water partition coefficient (Wildman–Crippen LogP) is 14.9. The van der Waals surface area contributed by atoms with Crippen LogP contribution in [0.25, 0.3) is 0 Å². The highest BCUT2D eigenvalue weighted by atomic mass is 31.2. The lowest BCUT2D eigenvalue weighted by Crippen LogP contribution is -2.06. The monoisotopic (exact) mass is 688 g/mol. The third-order valence-electron chi connectivity index (χ3n) is 9.37. The van der Waals surface area contributed by atoms with E-state index in [0.717, 1.165) is 73.5 Å². The molecule has 0 aliphatic heterocycles. The van der Waals surface area contributed by atoms with Crippen molar-refractivity contribution in [3.05, 3.63) is 89.5 Å². The fraction of sp³-hybridized carbons (Fsp3) is 0.600. The van der Waals surface area contributed by atoms with Crippen LogP contribution in [0.1, 0.15) is 155 Å². The third kappa shape index (κ3) is 17.8. The highest BCUT2D eigenvalue weighted by molar-refractivity contribution is 7.43. The summed E-state index contributed by atoms with van der Waals surface area (Å²) >= 11 is 0. The fourth-order valence-electron chi connectivity index (χ4n) is 6.36. The van der Waals surface area contributed by atoms with Crippen LogP contribution < -0.4 is 13.6 Å². The van der Waals surface area contributed by atoms with Crippen molar-refractivity contribution in [2.24, 2.45) is 17.8 Å². The average Bonchev–Trinajstić information content (AvgIpc) is 3.07. The van der Waals surface area contributed by atoms with E-state index >= 15 is 0 Å². The maximum atomic E-state index is 6.75. The molecule has 0 saturated heterocycles. The highest BCUT2D eigenvalue weighted by Gasteiger charge is 2.24. The normalized spacial score (nSPS) is 11.6. The van der Waals surface area contributed by atoms with Gasteiger partial charge in [-0.15, -0.1) is 0 Å². The van der Waals surface area contributed by atoms with Crippen molar-refractivity contribution in [2.45, 2.75) is 157 Å². The Morgan fingerprint density at radius 3 is 0.918 bits per heavy atom. The zero-order chi connectivity index (χ0) is 35.1. The van der Waals surface area contributed by atoms with Crippen LogP contribution in [0.2, 0.25) is 0 Å². The van der Waals surface area contributed by atoms with E-state index in [1.54, 1.807) is 0 Å². The summed E-state index contributed by atoms with van der Waals surface area (Å²) in [4.78, 5) is 0. The van der Waals surface area contributed by atoms with Crippen LogP contribution in [0.4, 0.5) is 0 Å². The molecule has 0 atom stereocenters. The van der Waals surface area contributed by atoms with Gasteiger partial charge in [-0.3, -0.25) is 0 Å². The Labute approximate surface area is 302 Å². The molecule has 0 unspecified atom stereocenters. The molecule has 0 fully saturated rings. The molecule has 0 heterocycles. The van der Waals surface area contributed by atoms with Gasteiger partial charge in [0, 0.05) is 0 Å². The van der Waals surface area contributed by atoms with Crippen LogP contribution in [0.3, 0.4) is 0 Å². The molecule has 3 nitrogen and oxygen atoms in total. The Morgan fingerprint density at radius 2 is 0.633 bits per heavy atom. The molecule has 0 radical (unpaired) electrons. The second-order valence-electron chi connectivity index (χ2n) is 15.4. The molecule has 49 heavy (non-hydrogen) atoms. The first-order valence-corrected chi connectivity index (χ1v) is 21.0. The Balaban J connectivity index is 1.73. The first-order valence-electron chi connectivity index (χ1n) is 19.9. The average molecular weight is 689 g/mol. The van der Waals surface area contributed by atoms with Gasteiger partial charge < -0.3 is 13.6 Å². The minimum atomic E-state index is -1.73. The summed E-state index contributed by atoms with van der Waals surface area (Å²) in [6.45, 7) is 13.9. The molecule has 0 bridgehead atoms. The van der Waals surface area contributed by atoms with Crippen molar-refractivity contribution in [3.8, 4) is 17.2 Å². The molecule has 4 heteroatoms. The second-order valence-corrected chi connectivity index (χ2v) is 16.4. The minimum absolute atomic E-state index is 0.785. The standard InChI is InChI=1S/C45H69O3P/c1-37(2)25-13-7-10-16-28-40-31-19-22-34-43(40)46-49(47-44-35-23-20-32-41(44)29-17-11-8-14-26-38(3)4)48-45-36-24-21-33-42(45)30-18-12-9-15-27-39(5)6/h19-24,31-39H,7-18,25-30H2,1-6H3. The lowest BCUT2D eigenvalue weighted by Gasteiger charge is -2.22. The number of unbranched alkanes of at least 4 members (excludes halogenated alkanes) is 9. The van der Waals surface area contributed by atoms with Crippen LogP contribution in [-0.2, 0) is 19.3 Å². The van der Waals surface area contributed by atoms with Gasteiger partial charge in [0.15, 0.2) is 0 Å². The first kappa shape index (κ1) is 40.9. The van der Waals surface area contributed by atoms with Crippen LogP contribution >= 0.6 is 8.60 Å². The van der Waals surface area contributed by atoms with Gasteiger partial charge in [0.1, 0.15) is 17.2 Å². The summed E-state index contributed by atoms with van der Waals surface area (Å²) in [7, 11) is -1.73. The SMILES string of the molecule is CC(C)CCCCCCc1ccccc1OP(Oc1ccccc1CCCCCCC(C)C)Oc1ccccc1CCCCCCC(C)C. The summed E-state index contributed by atoms with van der Waals surface area (Å²) in [6, 6.07) is 25.4. The molecular weight excluding hydrogens is 619 g/mol. The highest BCUT2D eigenvalue weighted by Crippen LogP contribution is 2.45. The maximum absolute atomic E-state index is 6.75. The number of para-hydroxylation sites is 3. The van der Waals surface area contributed by atoms with Crippen LogP contribution in [-0.4, -0.2) is 0 Å². The zero-order valence-electron chi connectivity index (χ0n) is 32.1. The molecule has 272 valence electrons.